The maximum atomic E-state index is 11.3. The molecule has 0 heterocycles. The zero-order valence-corrected chi connectivity index (χ0v) is 11.7. The van der Waals surface area contributed by atoms with Gasteiger partial charge in [0.1, 0.15) is 0 Å². The summed E-state index contributed by atoms with van der Waals surface area (Å²) >= 11 is 0. The van der Waals surface area contributed by atoms with Gasteiger partial charge in [0.05, 0.1) is 0 Å². The van der Waals surface area contributed by atoms with Crippen LogP contribution in [0.15, 0.2) is 42.5 Å². The van der Waals surface area contributed by atoms with Crippen molar-refractivity contribution in [3.05, 3.63) is 48.0 Å². The molecule has 3 nitrogen and oxygen atoms in total. The van der Waals surface area contributed by atoms with E-state index in [1.807, 2.05) is 42.5 Å². The van der Waals surface area contributed by atoms with Crippen molar-refractivity contribution in [1.82, 2.24) is 0 Å². The Morgan fingerprint density at radius 1 is 1.20 bits per heavy atom. The van der Waals surface area contributed by atoms with Crippen molar-refractivity contribution in [3.8, 4) is 0 Å². The van der Waals surface area contributed by atoms with E-state index in [-0.39, 0.29) is 0 Å². The highest BCUT2D eigenvalue weighted by molar-refractivity contribution is 5.86. The molecule has 1 N–H and O–H groups in total. The molecule has 0 saturated carbocycles. The number of benzene rings is 2. The number of aliphatic carboxylic acids is 1. The van der Waals surface area contributed by atoms with Gasteiger partial charge in [0.25, 0.3) is 0 Å². The highest BCUT2D eigenvalue weighted by atomic mass is 16.5. The van der Waals surface area contributed by atoms with Gasteiger partial charge in [-0.15, -0.1) is 0 Å². The quantitative estimate of drug-likeness (QED) is 0.782. The van der Waals surface area contributed by atoms with Gasteiger partial charge < -0.3 is 9.84 Å². The summed E-state index contributed by atoms with van der Waals surface area (Å²) in [5.74, 6) is -0.894. The summed E-state index contributed by atoms with van der Waals surface area (Å²) in [6.07, 6.45) is 1.52. The van der Waals surface area contributed by atoms with Gasteiger partial charge in [0.2, 0.25) is 0 Å². The number of unbranched alkanes of at least 4 members (excludes halogenated alkanes) is 1. The molecule has 0 aliphatic rings. The molecule has 0 aliphatic carbocycles. The molecule has 0 amide bonds. The summed E-state index contributed by atoms with van der Waals surface area (Å²) in [7, 11) is 0. The van der Waals surface area contributed by atoms with Crippen LogP contribution >= 0.6 is 0 Å². The molecular weight excluding hydrogens is 252 g/mol. The number of rotatable bonds is 7. The average molecular weight is 272 g/mol. The van der Waals surface area contributed by atoms with E-state index in [4.69, 9.17) is 4.74 Å². The lowest BCUT2D eigenvalue weighted by atomic mass is 10.00. The standard InChI is InChI=1S/C17H20O3/c1-2-3-11-20-16(17(18)19)12-14-9-6-8-13-7-4-5-10-15(13)14/h4-10,16H,2-3,11-12H2,1H3,(H,18,19)/t16-/m0/s1. The predicted molar refractivity (Wildman–Crippen MR) is 79.9 cm³/mol. The minimum absolute atomic E-state index is 0.403. The molecule has 0 radical (unpaired) electrons. The Balaban J connectivity index is 2.18. The van der Waals surface area contributed by atoms with Crippen LogP contribution in [0.3, 0.4) is 0 Å². The van der Waals surface area contributed by atoms with Gasteiger partial charge in [0, 0.05) is 13.0 Å². The van der Waals surface area contributed by atoms with Crippen LogP contribution in [0.1, 0.15) is 25.3 Å². The number of carboxylic acid groups (broad SMARTS) is 1. The molecule has 0 aliphatic heterocycles. The van der Waals surface area contributed by atoms with Crippen molar-refractivity contribution in [3.63, 3.8) is 0 Å². The summed E-state index contributed by atoms with van der Waals surface area (Å²) in [4.78, 5) is 11.3. The first-order chi connectivity index (χ1) is 9.72. The molecule has 0 aromatic heterocycles. The van der Waals surface area contributed by atoms with E-state index in [9.17, 15) is 9.90 Å². The van der Waals surface area contributed by atoms with Crippen LogP contribution in [0.2, 0.25) is 0 Å². The van der Waals surface area contributed by atoms with Crippen molar-refractivity contribution >= 4 is 16.7 Å². The Hall–Kier alpha value is -1.87. The zero-order chi connectivity index (χ0) is 14.4. The Bertz CT molecular complexity index is 572. The summed E-state index contributed by atoms with van der Waals surface area (Å²) in [5, 5.41) is 11.5. The first kappa shape index (κ1) is 14.5. The lowest BCUT2D eigenvalue weighted by Gasteiger charge is -2.15. The minimum atomic E-state index is -0.894. The van der Waals surface area contributed by atoms with Gasteiger partial charge in [-0.25, -0.2) is 4.79 Å². The van der Waals surface area contributed by atoms with Crippen molar-refractivity contribution in [2.45, 2.75) is 32.3 Å². The second kappa shape index (κ2) is 7.06. The third-order valence-corrected chi connectivity index (χ3v) is 3.38. The van der Waals surface area contributed by atoms with Crippen LogP contribution in [0.25, 0.3) is 10.8 Å². The van der Waals surface area contributed by atoms with Gasteiger partial charge in [0.15, 0.2) is 6.10 Å². The number of hydrogen-bond donors (Lipinski definition) is 1. The highest BCUT2D eigenvalue weighted by Crippen LogP contribution is 2.20. The second-order valence-corrected chi connectivity index (χ2v) is 4.89. The van der Waals surface area contributed by atoms with Crippen LogP contribution in [0.4, 0.5) is 0 Å². The number of carbonyl (C=O) groups is 1. The van der Waals surface area contributed by atoms with Crippen LogP contribution in [-0.2, 0) is 16.0 Å². The largest absolute Gasteiger partial charge is 0.479 e. The van der Waals surface area contributed by atoms with Crippen LogP contribution in [0.5, 0.6) is 0 Å². The molecule has 106 valence electrons. The van der Waals surface area contributed by atoms with Gasteiger partial charge in [-0.2, -0.15) is 0 Å². The fraction of sp³-hybridized carbons (Fsp3) is 0.353. The predicted octanol–water partition coefficient (Wildman–Crippen LogP) is 3.65. The van der Waals surface area contributed by atoms with E-state index in [0.717, 1.165) is 29.2 Å². The van der Waals surface area contributed by atoms with E-state index in [0.29, 0.717) is 13.0 Å². The monoisotopic (exact) mass is 272 g/mol. The second-order valence-electron chi connectivity index (χ2n) is 4.89. The lowest BCUT2D eigenvalue weighted by Crippen LogP contribution is -2.27. The Labute approximate surface area is 119 Å². The molecule has 0 saturated heterocycles. The molecule has 0 unspecified atom stereocenters. The van der Waals surface area contributed by atoms with Crippen molar-refractivity contribution < 1.29 is 14.6 Å². The van der Waals surface area contributed by atoms with E-state index in [1.54, 1.807) is 0 Å². The summed E-state index contributed by atoms with van der Waals surface area (Å²) < 4.78 is 5.50. The van der Waals surface area contributed by atoms with Crippen molar-refractivity contribution in [1.29, 1.82) is 0 Å². The Morgan fingerprint density at radius 3 is 2.70 bits per heavy atom. The number of carboxylic acids is 1. The molecule has 0 fully saturated rings. The van der Waals surface area contributed by atoms with E-state index < -0.39 is 12.1 Å². The summed E-state index contributed by atoms with van der Waals surface area (Å²) in [6, 6.07) is 14.0. The topological polar surface area (TPSA) is 46.5 Å². The van der Waals surface area contributed by atoms with Gasteiger partial charge in [-0.3, -0.25) is 0 Å². The number of fused-ring (bicyclic) bond motifs is 1. The molecule has 1 atom stereocenters. The van der Waals surface area contributed by atoms with Gasteiger partial charge >= 0.3 is 5.97 Å². The van der Waals surface area contributed by atoms with E-state index in [1.165, 1.54) is 0 Å². The summed E-state index contributed by atoms with van der Waals surface area (Å²) in [5.41, 5.74) is 1.02. The van der Waals surface area contributed by atoms with Gasteiger partial charge in [-0.1, -0.05) is 55.8 Å². The van der Waals surface area contributed by atoms with Crippen LogP contribution in [0, 0.1) is 0 Å². The highest BCUT2D eigenvalue weighted by Gasteiger charge is 2.19. The van der Waals surface area contributed by atoms with Crippen molar-refractivity contribution in [2.24, 2.45) is 0 Å². The third-order valence-electron chi connectivity index (χ3n) is 3.38. The Kier molecular flexibility index (Phi) is 5.13. The average Bonchev–Trinajstić information content (AvgIpc) is 2.46. The van der Waals surface area contributed by atoms with Crippen LogP contribution < -0.4 is 0 Å². The SMILES string of the molecule is CCCCO[C@@H](Cc1cccc2ccccc12)C(=O)O. The maximum Gasteiger partial charge on any atom is 0.333 e. The normalized spacial score (nSPS) is 12.4. The van der Waals surface area contributed by atoms with Crippen molar-refractivity contribution in [2.75, 3.05) is 6.61 Å². The molecule has 2 rings (SSSR count). The number of ether oxygens (including phenoxy) is 1. The smallest absolute Gasteiger partial charge is 0.333 e. The molecule has 20 heavy (non-hydrogen) atoms. The lowest BCUT2D eigenvalue weighted by molar-refractivity contribution is -0.150. The Morgan fingerprint density at radius 2 is 1.95 bits per heavy atom. The molecular formula is C17H20O3. The fourth-order valence-electron chi connectivity index (χ4n) is 2.26. The van der Waals surface area contributed by atoms with Crippen LogP contribution in [-0.4, -0.2) is 23.8 Å². The first-order valence-corrected chi connectivity index (χ1v) is 7.03. The minimum Gasteiger partial charge on any atom is -0.479 e. The van der Waals surface area contributed by atoms with E-state index in [2.05, 4.69) is 6.92 Å². The fourth-order valence-corrected chi connectivity index (χ4v) is 2.26. The zero-order valence-electron chi connectivity index (χ0n) is 11.7. The molecule has 0 spiro atoms. The molecule has 2 aromatic carbocycles. The molecule has 3 heteroatoms. The number of hydrogen-bond acceptors (Lipinski definition) is 2. The van der Waals surface area contributed by atoms with E-state index >= 15 is 0 Å². The van der Waals surface area contributed by atoms with Gasteiger partial charge in [-0.05, 0) is 22.8 Å². The molecule has 0 bridgehead atoms. The first-order valence-electron chi connectivity index (χ1n) is 7.03. The molecule has 2 aromatic rings. The summed E-state index contributed by atoms with van der Waals surface area (Å²) in [6.45, 7) is 2.56. The third kappa shape index (κ3) is 3.58. The maximum absolute atomic E-state index is 11.3.